The van der Waals surface area contributed by atoms with E-state index in [4.69, 9.17) is 17.0 Å². The lowest BCUT2D eigenvalue weighted by molar-refractivity contribution is -0.126. The molecular weight excluding hydrogens is 307 g/mol. The Hall–Kier alpha value is -1.56. The summed E-state index contributed by atoms with van der Waals surface area (Å²) in [7, 11) is 2.03. The summed E-state index contributed by atoms with van der Waals surface area (Å²) < 4.78 is 6.33. The Labute approximate surface area is 142 Å². The maximum Gasteiger partial charge on any atom is 0.256 e. The maximum atomic E-state index is 12.7. The van der Waals surface area contributed by atoms with Crippen LogP contribution in [0.4, 0.5) is 0 Å². The minimum atomic E-state index is -0.765. The van der Waals surface area contributed by atoms with Crippen LogP contribution in [0.3, 0.4) is 0 Å². The first-order valence-corrected chi connectivity index (χ1v) is 8.91. The van der Waals surface area contributed by atoms with E-state index in [0.29, 0.717) is 17.5 Å². The normalized spacial score (nSPS) is 30.5. The van der Waals surface area contributed by atoms with Gasteiger partial charge in [-0.05, 0) is 37.0 Å². The molecule has 0 radical (unpaired) electrons. The highest BCUT2D eigenvalue weighted by atomic mass is 32.1. The van der Waals surface area contributed by atoms with E-state index in [1.165, 1.54) is 32.1 Å². The molecule has 4 nitrogen and oxygen atoms in total. The molecule has 3 aliphatic rings. The minimum absolute atomic E-state index is 0.0431. The minimum Gasteiger partial charge on any atom is -0.490 e. The molecule has 6 heteroatoms. The third kappa shape index (κ3) is 2.44. The van der Waals surface area contributed by atoms with Crippen LogP contribution in [0.2, 0.25) is 0 Å². The van der Waals surface area contributed by atoms with Crippen molar-refractivity contribution in [2.45, 2.75) is 50.2 Å². The van der Waals surface area contributed by atoms with Gasteiger partial charge in [-0.2, -0.15) is 0 Å². The molecule has 1 aromatic carbocycles. The summed E-state index contributed by atoms with van der Waals surface area (Å²) in [5.74, 6) is 1.31. The summed E-state index contributed by atoms with van der Waals surface area (Å²) in [5, 5.41) is 6.47. The van der Waals surface area contributed by atoms with Crippen molar-refractivity contribution in [1.29, 1.82) is 0 Å². The van der Waals surface area contributed by atoms with Gasteiger partial charge in [0.1, 0.15) is 19.7 Å². The van der Waals surface area contributed by atoms with E-state index < -0.39 is 5.54 Å². The quantitative estimate of drug-likeness (QED) is 0.594. The van der Waals surface area contributed by atoms with E-state index >= 15 is 0 Å². The fourth-order valence-electron chi connectivity index (χ4n) is 4.29. The monoisotopic (exact) mass is 328 g/mol. The van der Waals surface area contributed by atoms with Crippen LogP contribution in [0.15, 0.2) is 18.2 Å². The van der Waals surface area contributed by atoms with Crippen molar-refractivity contribution < 1.29 is 9.53 Å². The first kappa shape index (κ1) is 15.0. The molecule has 4 rings (SSSR count). The van der Waals surface area contributed by atoms with Crippen LogP contribution >= 0.6 is 12.2 Å². The number of thiocarbonyl (C=S) groups is 1. The molecule has 1 spiro atoms. The molecule has 2 fully saturated rings. The number of ether oxygens (including phenoxy) is 1. The lowest BCUT2D eigenvalue weighted by Gasteiger charge is -2.42. The number of carbonyl (C=O) groups is 1. The van der Waals surface area contributed by atoms with Gasteiger partial charge >= 0.3 is 0 Å². The molecular formula is C17H21BN2O2S. The Kier molecular flexibility index (Phi) is 3.60. The van der Waals surface area contributed by atoms with Crippen molar-refractivity contribution in [3.8, 4) is 5.75 Å². The first-order valence-electron chi connectivity index (χ1n) is 8.50. The van der Waals surface area contributed by atoms with E-state index in [2.05, 4.69) is 10.6 Å². The first-order chi connectivity index (χ1) is 11.1. The van der Waals surface area contributed by atoms with Crippen molar-refractivity contribution in [3.63, 3.8) is 0 Å². The molecule has 0 aromatic heterocycles. The number of hydrogen-bond acceptors (Lipinski definition) is 3. The Morgan fingerprint density at radius 2 is 2.04 bits per heavy atom. The zero-order valence-corrected chi connectivity index (χ0v) is 14.2. The van der Waals surface area contributed by atoms with E-state index in [9.17, 15) is 4.79 Å². The molecule has 2 aliphatic heterocycles. The largest absolute Gasteiger partial charge is 0.490 e. The van der Waals surface area contributed by atoms with Crippen LogP contribution in [-0.2, 0) is 10.3 Å². The highest BCUT2D eigenvalue weighted by Crippen LogP contribution is 2.44. The number of hydrogen-bond donors (Lipinski definition) is 2. The lowest BCUT2D eigenvalue weighted by Crippen LogP contribution is -2.52. The summed E-state index contributed by atoms with van der Waals surface area (Å²) in [6, 6.07) is 6.09. The highest BCUT2D eigenvalue weighted by Gasteiger charge is 2.53. The third-order valence-corrected chi connectivity index (χ3v) is 5.70. The van der Waals surface area contributed by atoms with Crippen LogP contribution in [0.5, 0.6) is 5.75 Å². The lowest BCUT2D eigenvalue weighted by atomic mass is 9.74. The molecule has 1 amide bonds. The Bertz CT molecular complexity index is 675. The maximum absolute atomic E-state index is 12.7. The van der Waals surface area contributed by atoms with Crippen molar-refractivity contribution in [2.24, 2.45) is 5.92 Å². The Morgan fingerprint density at radius 1 is 1.26 bits per heavy atom. The Balaban J connectivity index is 1.76. The number of amides is 1. The van der Waals surface area contributed by atoms with Gasteiger partial charge in [0.25, 0.3) is 5.91 Å². The van der Waals surface area contributed by atoms with Crippen LogP contribution in [-0.4, -0.2) is 25.0 Å². The number of rotatable bonds is 1. The van der Waals surface area contributed by atoms with Gasteiger partial charge in [0, 0.05) is 12.0 Å². The van der Waals surface area contributed by atoms with Gasteiger partial charge in [-0.15, -0.1) is 0 Å². The second-order valence-electron chi connectivity index (χ2n) is 7.07. The molecule has 2 N–H and O–H groups in total. The predicted octanol–water partition coefficient (Wildman–Crippen LogP) is 0.876. The molecule has 2 unspecified atom stereocenters. The average Bonchev–Trinajstić information content (AvgIpc) is 2.83. The molecule has 2 heterocycles. The van der Waals surface area contributed by atoms with E-state index in [-0.39, 0.29) is 12.0 Å². The van der Waals surface area contributed by atoms with Crippen LogP contribution in [0, 0.1) is 5.92 Å². The van der Waals surface area contributed by atoms with E-state index in [1.54, 1.807) is 0 Å². The molecule has 0 bridgehead atoms. The second-order valence-corrected chi connectivity index (χ2v) is 7.48. The zero-order valence-electron chi connectivity index (χ0n) is 13.4. The molecule has 120 valence electrons. The van der Waals surface area contributed by atoms with Crippen molar-refractivity contribution in [1.82, 2.24) is 10.6 Å². The van der Waals surface area contributed by atoms with E-state index in [0.717, 1.165) is 16.8 Å². The van der Waals surface area contributed by atoms with Crippen molar-refractivity contribution >= 4 is 36.5 Å². The van der Waals surface area contributed by atoms with E-state index in [1.807, 2.05) is 26.0 Å². The predicted molar refractivity (Wildman–Crippen MR) is 95.8 cm³/mol. The SMILES string of the molecule is Bc1ccc2c(c1)C1(CC(C3CCCCC3)O2)NC(=S)NC1=O. The molecule has 1 aliphatic carbocycles. The standard InChI is InChI=1S/C17H21BN2O2S/c18-11-6-7-13-12(8-11)17(15(21)19-16(23)20-17)9-14(22-13)10-4-2-1-3-5-10/h6-8,10,14H,1-5,9,18H2,(H2,19,20,21,23). The second kappa shape index (κ2) is 5.51. The summed E-state index contributed by atoms with van der Waals surface area (Å²) in [5.41, 5.74) is 1.27. The number of nitrogens with one attached hydrogen (secondary N) is 2. The highest BCUT2D eigenvalue weighted by molar-refractivity contribution is 7.80. The number of fused-ring (bicyclic) bond motifs is 2. The van der Waals surface area contributed by atoms with Gasteiger partial charge in [-0.3, -0.25) is 4.79 Å². The fraction of sp³-hybridized carbons (Fsp3) is 0.529. The summed E-state index contributed by atoms with van der Waals surface area (Å²) in [4.78, 5) is 12.7. The van der Waals surface area contributed by atoms with Gasteiger partial charge in [0.2, 0.25) is 0 Å². The average molecular weight is 328 g/mol. The van der Waals surface area contributed by atoms with Gasteiger partial charge in [-0.25, -0.2) is 0 Å². The molecule has 23 heavy (non-hydrogen) atoms. The molecule has 1 aromatic rings. The number of benzene rings is 1. The molecule has 2 atom stereocenters. The smallest absolute Gasteiger partial charge is 0.256 e. The molecule has 1 saturated carbocycles. The van der Waals surface area contributed by atoms with Crippen LogP contribution in [0.25, 0.3) is 0 Å². The summed E-state index contributed by atoms with van der Waals surface area (Å²) in [6.07, 6.45) is 6.94. The summed E-state index contributed by atoms with van der Waals surface area (Å²) >= 11 is 5.22. The van der Waals surface area contributed by atoms with Crippen molar-refractivity contribution in [3.05, 3.63) is 23.8 Å². The summed E-state index contributed by atoms with van der Waals surface area (Å²) in [6.45, 7) is 0. The topological polar surface area (TPSA) is 50.4 Å². The van der Waals surface area contributed by atoms with Crippen LogP contribution in [0.1, 0.15) is 44.1 Å². The zero-order chi connectivity index (χ0) is 16.0. The molecule has 1 saturated heterocycles. The number of carbonyl (C=O) groups excluding carboxylic acids is 1. The van der Waals surface area contributed by atoms with Crippen LogP contribution < -0.4 is 20.8 Å². The van der Waals surface area contributed by atoms with Crippen molar-refractivity contribution in [2.75, 3.05) is 0 Å². The van der Waals surface area contributed by atoms with Gasteiger partial charge in [0.15, 0.2) is 10.7 Å². The third-order valence-electron chi connectivity index (χ3n) is 5.50. The van der Waals surface area contributed by atoms with Gasteiger partial charge in [-0.1, -0.05) is 36.9 Å². The van der Waals surface area contributed by atoms with Gasteiger partial charge < -0.3 is 15.4 Å². The van der Waals surface area contributed by atoms with Gasteiger partial charge in [0.05, 0.1) is 0 Å². The Morgan fingerprint density at radius 3 is 2.74 bits per heavy atom. The fourth-order valence-corrected chi connectivity index (χ4v) is 4.56.